The van der Waals surface area contributed by atoms with E-state index in [1.54, 1.807) is 14.2 Å². The highest BCUT2D eigenvalue weighted by Gasteiger charge is 2.28. The van der Waals surface area contributed by atoms with Crippen molar-refractivity contribution >= 4 is 11.9 Å². The molecule has 0 aliphatic carbocycles. The summed E-state index contributed by atoms with van der Waals surface area (Å²) in [5.74, 6) is 1.51. The standard InChI is InChI=1S/C21H33N3O4/c1-4-28-20(25)18-7-5-13-24(15-18)21(22-2)23-12-6-14-27-16-17-8-10-19(26-3)11-9-17/h8-11,18H,4-7,12-16H2,1-3H3,(H,22,23). The Morgan fingerprint density at radius 3 is 2.79 bits per heavy atom. The zero-order valence-electron chi connectivity index (χ0n) is 17.3. The van der Waals surface area contributed by atoms with E-state index in [4.69, 9.17) is 14.2 Å². The van der Waals surface area contributed by atoms with Gasteiger partial charge in [0.05, 0.1) is 26.2 Å². The first-order valence-corrected chi connectivity index (χ1v) is 10.0. The SMILES string of the molecule is CCOC(=O)C1CCCN(C(=NC)NCCCOCc2ccc(OC)cc2)C1. The van der Waals surface area contributed by atoms with Crippen LogP contribution in [0, 0.1) is 5.92 Å². The molecule has 7 heteroatoms. The zero-order chi connectivity index (χ0) is 20.2. The molecule has 1 aliphatic rings. The molecule has 0 spiro atoms. The summed E-state index contributed by atoms with van der Waals surface area (Å²) < 4.78 is 16.1. The van der Waals surface area contributed by atoms with E-state index in [-0.39, 0.29) is 11.9 Å². The van der Waals surface area contributed by atoms with Crippen LogP contribution in [0.15, 0.2) is 29.3 Å². The first-order valence-electron chi connectivity index (χ1n) is 10.0. The first-order chi connectivity index (χ1) is 13.7. The van der Waals surface area contributed by atoms with Crippen LogP contribution in [0.5, 0.6) is 5.75 Å². The molecular weight excluding hydrogens is 358 g/mol. The minimum absolute atomic E-state index is 0.0694. The largest absolute Gasteiger partial charge is 0.497 e. The maximum atomic E-state index is 12.0. The van der Waals surface area contributed by atoms with Crippen LogP contribution < -0.4 is 10.1 Å². The number of rotatable bonds is 9. The number of likely N-dealkylation sites (tertiary alicyclic amines) is 1. The summed E-state index contributed by atoms with van der Waals surface area (Å²) in [6.07, 6.45) is 2.73. The monoisotopic (exact) mass is 391 g/mol. The minimum Gasteiger partial charge on any atom is -0.497 e. The number of aliphatic imine (C=N–C) groups is 1. The molecule has 7 nitrogen and oxygen atoms in total. The van der Waals surface area contributed by atoms with Crippen LogP contribution in [-0.4, -0.2) is 63.8 Å². The predicted molar refractivity (Wildman–Crippen MR) is 110 cm³/mol. The second kappa shape index (κ2) is 12.2. The highest BCUT2D eigenvalue weighted by Crippen LogP contribution is 2.18. The van der Waals surface area contributed by atoms with Crippen LogP contribution in [0.3, 0.4) is 0 Å². The highest BCUT2D eigenvalue weighted by atomic mass is 16.5. The number of carbonyl (C=O) groups excluding carboxylic acids is 1. The summed E-state index contributed by atoms with van der Waals surface area (Å²) in [7, 11) is 3.43. The number of hydrogen-bond acceptors (Lipinski definition) is 5. The van der Waals surface area contributed by atoms with Crippen molar-refractivity contribution in [2.45, 2.75) is 32.8 Å². The van der Waals surface area contributed by atoms with Crippen LogP contribution in [0.25, 0.3) is 0 Å². The molecule has 1 N–H and O–H groups in total. The summed E-state index contributed by atoms with van der Waals surface area (Å²) in [5.41, 5.74) is 1.13. The van der Waals surface area contributed by atoms with Gasteiger partial charge in [-0.2, -0.15) is 0 Å². The average Bonchev–Trinajstić information content (AvgIpc) is 2.74. The Morgan fingerprint density at radius 1 is 1.32 bits per heavy atom. The molecule has 2 rings (SSSR count). The van der Waals surface area contributed by atoms with Crippen LogP contribution in [0.1, 0.15) is 31.7 Å². The van der Waals surface area contributed by atoms with E-state index in [1.807, 2.05) is 31.2 Å². The summed E-state index contributed by atoms with van der Waals surface area (Å²) in [6, 6.07) is 7.89. The molecule has 1 fully saturated rings. The van der Waals surface area contributed by atoms with Gasteiger partial charge in [0.1, 0.15) is 5.75 Å². The number of nitrogens with zero attached hydrogens (tertiary/aromatic N) is 2. The Labute approximate surface area is 168 Å². The second-order valence-electron chi connectivity index (χ2n) is 6.77. The summed E-state index contributed by atoms with van der Waals surface area (Å²) in [6.45, 7) is 5.87. The Morgan fingerprint density at radius 2 is 2.11 bits per heavy atom. The lowest BCUT2D eigenvalue weighted by Gasteiger charge is -2.33. The molecule has 1 heterocycles. The molecular formula is C21H33N3O4. The van der Waals surface area contributed by atoms with Gasteiger partial charge in [0.15, 0.2) is 5.96 Å². The lowest BCUT2D eigenvalue weighted by molar-refractivity contribution is -0.149. The van der Waals surface area contributed by atoms with E-state index >= 15 is 0 Å². The van der Waals surface area contributed by atoms with Crippen molar-refractivity contribution in [3.8, 4) is 5.75 Å². The van der Waals surface area contributed by atoms with E-state index < -0.39 is 0 Å². The number of piperidine rings is 1. The number of esters is 1. The lowest BCUT2D eigenvalue weighted by Crippen LogP contribution is -2.48. The van der Waals surface area contributed by atoms with Crippen molar-refractivity contribution in [1.29, 1.82) is 0 Å². The number of benzene rings is 1. The van der Waals surface area contributed by atoms with Gasteiger partial charge in [-0.25, -0.2) is 0 Å². The summed E-state index contributed by atoms with van der Waals surface area (Å²) in [5, 5.41) is 3.37. The Bertz CT molecular complexity index is 619. The molecule has 1 aromatic carbocycles. The quantitative estimate of drug-likeness (QED) is 0.302. The lowest BCUT2D eigenvalue weighted by atomic mass is 9.98. The molecule has 1 saturated heterocycles. The highest BCUT2D eigenvalue weighted by molar-refractivity contribution is 5.81. The molecule has 1 aromatic rings. The van der Waals surface area contributed by atoms with E-state index in [0.717, 1.165) is 49.6 Å². The number of methoxy groups -OCH3 is 1. The predicted octanol–water partition coefficient (Wildman–Crippen LogP) is 2.45. The number of guanidine groups is 1. The molecule has 1 aliphatic heterocycles. The summed E-state index contributed by atoms with van der Waals surface area (Å²) >= 11 is 0. The van der Waals surface area contributed by atoms with E-state index in [9.17, 15) is 4.79 Å². The smallest absolute Gasteiger partial charge is 0.310 e. The van der Waals surface area contributed by atoms with E-state index in [2.05, 4.69) is 15.2 Å². The van der Waals surface area contributed by atoms with Gasteiger partial charge >= 0.3 is 5.97 Å². The molecule has 1 atom stereocenters. The van der Waals surface area contributed by atoms with Crippen molar-refractivity contribution in [3.63, 3.8) is 0 Å². The van der Waals surface area contributed by atoms with Crippen LogP contribution in [0.4, 0.5) is 0 Å². The van der Waals surface area contributed by atoms with Crippen molar-refractivity contribution in [3.05, 3.63) is 29.8 Å². The normalized spacial score (nSPS) is 17.3. The molecule has 0 amide bonds. The van der Waals surface area contributed by atoms with Gasteiger partial charge in [-0.1, -0.05) is 12.1 Å². The molecule has 0 saturated carbocycles. The Balaban J connectivity index is 1.65. The third kappa shape index (κ3) is 7.03. The number of nitrogens with one attached hydrogen (secondary N) is 1. The molecule has 0 aromatic heterocycles. The fraction of sp³-hybridized carbons (Fsp3) is 0.619. The van der Waals surface area contributed by atoms with Crippen molar-refractivity contribution in [1.82, 2.24) is 10.2 Å². The molecule has 156 valence electrons. The second-order valence-corrected chi connectivity index (χ2v) is 6.77. The third-order valence-corrected chi connectivity index (χ3v) is 4.73. The molecule has 28 heavy (non-hydrogen) atoms. The fourth-order valence-corrected chi connectivity index (χ4v) is 3.24. The first kappa shape index (κ1) is 22.0. The zero-order valence-corrected chi connectivity index (χ0v) is 17.3. The number of carbonyl (C=O) groups is 1. The molecule has 0 radical (unpaired) electrons. The summed E-state index contributed by atoms with van der Waals surface area (Å²) in [4.78, 5) is 18.5. The van der Waals surface area contributed by atoms with Gasteiger partial charge in [0.25, 0.3) is 0 Å². The fourth-order valence-electron chi connectivity index (χ4n) is 3.24. The molecule has 1 unspecified atom stereocenters. The van der Waals surface area contributed by atoms with Gasteiger partial charge < -0.3 is 24.4 Å². The number of ether oxygens (including phenoxy) is 3. The van der Waals surface area contributed by atoms with Gasteiger partial charge in [-0.15, -0.1) is 0 Å². The maximum absolute atomic E-state index is 12.0. The van der Waals surface area contributed by atoms with Crippen molar-refractivity contribution in [2.75, 3.05) is 47.0 Å². The number of hydrogen-bond donors (Lipinski definition) is 1. The van der Waals surface area contributed by atoms with Crippen LogP contribution in [0.2, 0.25) is 0 Å². The van der Waals surface area contributed by atoms with Gasteiger partial charge in [-0.3, -0.25) is 9.79 Å². The minimum atomic E-state index is -0.102. The average molecular weight is 392 g/mol. The van der Waals surface area contributed by atoms with Crippen molar-refractivity contribution < 1.29 is 19.0 Å². The Kier molecular flexibility index (Phi) is 9.62. The molecule has 0 bridgehead atoms. The third-order valence-electron chi connectivity index (χ3n) is 4.73. The van der Waals surface area contributed by atoms with Crippen LogP contribution >= 0.6 is 0 Å². The van der Waals surface area contributed by atoms with Crippen molar-refractivity contribution in [2.24, 2.45) is 10.9 Å². The van der Waals surface area contributed by atoms with Crippen LogP contribution in [-0.2, 0) is 20.9 Å². The van der Waals surface area contributed by atoms with E-state index in [0.29, 0.717) is 26.4 Å². The topological polar surface area (TPSA) is 72.4 Å². The maximum Gasteiger partial charge on any atom is 0.310 e. The van der Waals surface area contributed by atoms with Gasteiger partial charge in [0.2, 0.25) is 0 Å². The Hall–Kier alpha value is -2.28. The van der Waals surface area contributed by atoms with Gasteiger partial charge in [-0.05, 0) is 43.9 Å². The van der Waals surface area contributed by atoms with E-state index in [1.165, 1.54) is 0 Å². The van der Waals surface area contributed by atoms with Gasteiger partial charge in [0, 0.05) is 33.3 Å².